The highest BCUT2D eigenvalue weighted by atomic mass is 32.1. The summed E-state index contributed by atoms with van der Waals surface area (Å²) < 4.78 is 65.9. The van der Waals surface area contributed by atoms with Crippen LogP contribution in [0.3, 0.4) is 0 Å². The molecule has 1 fully saturated rings. The lowest BCUT2D eigenvalue weighted by molar-refractivity contribution is -0.137. The average molecular weight is 522 g/mol. The van der Waals surface area contributed by atoms with Gasteiger partial charge in [0.05, 0.1) is 32.0 Å². The van der Waals surface area contributed by atoms with Crippen LogP contribution < -0.4 is 19.3 Å². The maximum Gasteiger partial charge on any atom is 0.416 e. The number of hydrogen-bond donors (Lipinski definition) is 0. The summed E-state index contributed by atoms with van der Waals surface area (Å²) in [5.74, 6) is 2.12. The number of pyridine rings is 1. The van der Waals surface area contributed by atoms with Crippen LogP contribution in [-0.4, -0.2) is 56.2 Å². The minimum Gasteiger partial charge on any atom is -0.497 e. The Morgan fingerprint density at radius 2 is 1.72 bits per heavy atom. The van der Waals surface area contributed by atoms with Crippen LogP contribution in [0.5, 0.6) is 11.5 Å². The maximum absolute atomic E-state index is 14.5. The molecule has 1 aromatic carbocycles. The van der Waals surface area contributed by atoms with Gasteiger partial charge < -0.3 is 24.2 Å². The zero-order valence-electron chi connectivity index (χ0n) is 19.5. The van der Waals surface area contributed by atoms with Crippen molar-refractivity contribution in [2.45, 2.75) is 12.7 Å². The number of aliphatic imine (C=N–C) groups is 1. The molecular weight excluding hydrogens is 498 g/mol. The first kappa shape index (κ1) is 24.2. The Morgan fingerprint density at radius 3 is 2.42 bits per heavy atom. The second kappa shape index (κ2) is 9.49. The van der Waals surface area contributed by atoms with Gasteiger partial charge in [0.2, 0.25) is 11.1 Å². The van der Waals surface area contributed by atoms with Crippen LogP contribution in [0.4, 0.5) is 34.8 Å². The quantitative estimate of drug-likeness (QED) is 0.443. The molecule has 5 rings (SSSR count). The van der Waals surface area contributed by atoms with Gasteiger partial charge in [-0.25, -0.2) is 9.98 Å². The summed E-state index contributed by atoms with van der Waals surface area (Å²) >= 11 is 0.926. The van der Waals surface area contributed by atoms with E-state index >= 15 is 0 Å². The third kappa shape index (κ3) is 4.52. The monoisotopic (exact) mass is 521 g/mol. The van der Waals surface area contributed by atoms with Crippen molar-refractivity contribution in [2.24, 2.45) is 4.99 Å². The lowest BCUT2D eigenvalue weighted by Gasteiger charge is -2.41. The molecule has 4 heterocycles. The van der Waals surface area contributed by atoms with Crippen LogP contribution in [-0.2, 0) is 12.7 Å². The molecule has 0 N–H and O–H groups in total. The van der Waals surface area contributed by atoms with Crippen LogP contribution in [0.15, 0.2) is 46.9 Å². The molecule has 0 aliphatic carbocycles. The Labute approximate surface area is 209 Å². The Morgan fingerprint density at radius 1 is 0.972 bits per heavy atom. The first-order chi connectivity index (χ1) is 17.3. The van der Waals surface area contributed by atoms with Crippen molar-refractivity contribution < 1.29 is 27.0 Å². The third-order valence-electron chi connectivity index (χ3n) is 6.21. The minimum atomic E-state index is -4.52. The van der Waals surface area contributed by atoms with Crippen LogP contribution in [0, 0.1) is 5.13 Å². The summed E-state index contributed by atoms with van der Waals surface area (Å²) in [5.41, 5.74) is 0.267. The van der Waals surface area contributed by atoms with E-state index in [1.165, 1.54) is 13.2 Å². The largest absolute Gasteiger partial charge is 0.497 e. The predicted molar refractivity (Wildman–Crippen MR) is 130 cm³/mol. The van der Waals surface area contributed by atoms with Gasteiger partial charge in [0.1, 0.15) is 23.0 Å². The number of anilines is 2. The van der Waals surface area contributed by atoms with E-state index in [0.29, 0.717) is 43.5 Å². The number of nitrogens with zero attached hydrogens (tertiary/aromatic N) is 5. The predicted octanol–water partition coefficient (Wildman–Crippen LogP) is 5.15. The molecule has 3 aromatic rings. The zero-order valence-corrected chi connectivity index (χ0v) is 20.4. The lowest BCUT2D eigenvalue weighted by Crippen LogP contribution is -2.54. The third-order valence-corrected chi connectivity index (χ3v) is 7.02. The van der Waals surface area contributed by atoms with Crippen LogP contribution in [0.2, 0.25) is 0 Å². The van der Waals surface area contributed by atoms with Gasteiger partial charge in [-0.2, -0.15) is 17.6 Å². The first-order valence-electron chi connectivity index (χ1n) is 11.2. The van der Waals surface area contributed by atoms with Crippen LogP contribution in [0.1, 0.15) is 11.1 Å². The Balaban J connectivity index is 1.48. The van der Waals surface area contributed by atoms with Gasteiger partial charge in [0.25, 0.3) is 0 Å². The SMILES string of the molecule is COc1ccnc(N2CCN(C3=Nc4c(csc4F)CN3c3cc(C(F)(F)F)ccc3OC)CC2)c1. The van der Waals surface area contributed by atoms with Crippen molar-refractivity contribution in [3.05, 3.63) is 58.2 Å². The van der Waals surface area contributed by atoms with Gasteiger partial charge >= 0.3 is 6.18 Å². The van der Waals surface area contributed by atoms with Crippen LogP contribution >= 0.6 is 11.3 Å². The molecule has 36 heavy (non-hydrogen) atoms. The molecule has 0 atom stereocenters. The van der Waals surface area contributed by atoms with E-state index in [-0.39, 0.29) is 23.7 Å². The van der Waals surface area contributed by atoms with E-state index in [1.807, 2.05) is 11.0 Å². The number of piperazine rings is 1. The number of halogens is 4. The Kier molecular flexibility index (Phi) is 6.37. The molecule has 0 radical (unpaired) electrons. The number of benzene rings is 1. The molecule has 1 saturated heterocycles. The van der Waals surface area contributed by atoms with Crippen molar-refractivity contribution in [1.82, 2.24) is 9.88 Å². The van der Waals surface area contributed by atoms with Gasteiger partial charge in [0.15, 0.2) is 0 Å². The highest BCUT2D eigenvalue weighted by Gasteiger charge is 2.35. The molecule has 2 aromatic heterocycles. The fourth-order valence-electron chi connectivity index (χ4n) is 4.34. The summed E-state index contributed by atoms with van der Waals surface area (Å²) in [6.07, 6.45) is -2.85. The van der Waals surface area contributed by atoms with E-state index in [1.54, 1.807) is 29.7 Å². The normalized spacial score (nSPS) is 16.1. The second-order valence-electron chi connectivity index (χ2n) is 8.29. The zero-order chi connectivity index (χ0) is 25.4. The topological polar surface area (TPSA) is 53.4 Å². The fraction of sp³-hybridized carbons (Fsp3) is 0.333. The molecule has 190 valence electrons. The second-order valence-corrected chi connectivity index (χ2v) is 9.12. The molecule has 2 aliphatic heterocycles. The number of methoxy groups -OCH3 is 2. The Hall–Kier alpha value is -3.54. The number of aromatic nitrogens is 1. The van der Waals surface area contributed by atoms with Gasteiger partial charge in [-0.3, -0.25) is 0 Å². The number of fused-ring (bicyclic) bond motifs is 1. The number of hydrogen-bond acceptors (Lipinski definition) is 8. The number of rotatable bonds is 4. The highest BCUT2D eigenvalue weighted by Crippen LogP contribution is 2.41. The van der Waals surface area contributed by atoms with Crippen molar-refractivity contribution in [3.8, 4) is 11.5 Å². The molecular formula is C24H23F4N5O2S. The smallest absolute Gasteiger partial charge is 0.416 e. The minimum absolute atomic E-state index is 0.171. The molecule has 0 bridgehead atoms. The van der Waals surface area contributed by atoms with E-state index < -0.39 is 16.9 Å². The molecule has 0 saturated carbocycles. The van der Waals surface area contributed by atoms with E-state index in [2.05, 4.69) is 14.9 Å². The lowest BCUT2D eigenvalue weighted by atomic mass is 10.1. The summed E-state index contributed by atoms with van der Waals surface area (Å²) in [6, 6.07) is 6.95. The standard InChI is InChI=1S/C24H23F4N5O2S/c1-34-17-5-6-29-20(12-17)31-7-9-32(10-8-31)23-30-21-15(14-36-22(21)25)13-33(23)18-11-16(24(26,27)28)3-4-19(18)35-2/h3-6,11-12,14H,7-10,13H2,1-2H3. The molecule has 12 heteroatoms. The van der Waals surface area contributed by atoms with Crippen molar-refractivity contribution in [3.63, 3.8) is 0 Å². The van der Waals surface area contributed by atoms with Gasteiger partial charge in [0, 0.05) is 49.4 Å². The summed E-state index contributed by atoms with van der Waals surface area (Å²) in [5, 5.41) is 1.22. The van der Waals surface area contributed by atoms with Crippen molar-refractivity contribution in [1.29, 1.82) is 0 Å². The summed E-state index contributed by atoms with van der Waals surface area (Å²) in [6.45, 7) is 2.37. The van der Waals surface area contributed by atoms with Gasteiger partial charge in [-0.1, -0.05) is 0 Å². The number of thiophene rings is 1. The first-order valence-corrected chi connectivity index (χ1v) is 12.0. The van der Waals surface area contributed by atoms with E-state index in [0.717, 1.165) is 29.3 Å². The number of ether oxygens (including phenoxy) is 2. The Bertz CT molecular complexity index is 1290. The summed E-state index contributed by atoms with van der Waals surface area (Å²) in [7, 11) is 3.00. The van der Waals surface area contributed by atoms with Crippen LogP contribution in [0.25, 0.3) is 0 Å². The van der Waals surface area contributed by atoms with Crippen molar-refractivity contribution in [2.75, 3.05) is 50.2 Å². The van der Waals surface area contributed by atoms with Crippen molar-refractivity contribution >= 4 is 34.5 Å². The summed E-state index contributed by atoms with van der Waals surface area (Å²) in [4.78, 5) is 14.7. The van der Waals surface area contributed by atoms with Gasteiger partial charge in [-0.15, -0.1) is 11.3 Å². The maximum atomic E-state index is 14.5. The average Bonchev–Trinajstić information content (AvgIpc) is 3.26. The fourth-order valence-corrected chi connectivity index (χ4v) is 5.06. The number of guanidine groups is 1. The van der Waals surface area contributed by atoms with Gasteiger partial charge in [-0.05, 0) is 24.3 Å². The molecule has 7 nitrogen and oxygen atoms in total. The molecule has 0 unspecified atom stereocenters. The van der Waals surface area contributed by atoms with E-state index in [4.69, 9.17) is 9.47 Å². The number of alkyl halides is 3. The molecule has 2 aliphatic rings. The highest BCUT2D eigenvalue weighted by molar-refractivity contribution is 7.08. The molecule has 0 amide bonds. The molecule has 0 spiro atoms. The van der Waals surface area contributed by atoms with E-state index in [9.17, 15) is 17.6 Å².